The molecule has 50 heavy (non-hydrogen) atoms. The SMILES string of the molecule is CC1(C)c2cc3cc(N(c4ccc5ccccc5c4)c4ccc5ccccc5c4)ccc3cc2-c2c1cc(-c1ccccn1)c1ccccc21. The van der Waals surface area contributed by atoms with Gasteiger partial charge in [0.15, 0.2) is 0 Å². The van der Waals surface area contributed by atoms with Gasteiger partial charge in [0.05, 0.1) is 5.69 Å². The second-order valence-electron chi connectivity index (χ2n) is 14.1. The van der Waals surface area contributed by atoms with Crippen LogP contribution in [-0.4, -0.2) is 4.98 Å². The fourth-order valence-electron chi connectivity index (χ4n) is 8.26. The number of pyridine rings is 1. The van der Waals surface area contributed by atoms with Gasteiger partial charge in [-0.2, -0.15) is 0 Å². The highest BCUT2D eigenvalue weighted by Crippen LogP contribution is 2.54. The Morgan fingerprint density at radius 2 is 0.960 bits per heavy atom. The van der Waals surface area contributed by atoms with Crippen molar-refractivity contribution >= 4 is 60.2 Å². The van der Waals surface area contributed by atoms with E-state index in [4.69, 9.17) is 4.98 Å². The van der Waals surface area contributed by atoms with Crippen molar-refractivity contribution in [3.05, 3.63) is 181 Å². The Morgan fingerprint density at radius 3 is 1.60 bits per heavy atom. The zero-order valence-electron chi connectivity index (χ0n) is 28.1. The summed E-state index contributed by atoms with van der Waals surface area (Å²) in [5.41, 5.74) is 10.8. The van der Waals surface area contributed by atoms with Gasteiger partial charge in [0, 0.05) is 34.2 Å². The van der Waals surface area contributed by atoms with E-state index in [2.05, 4.69) is 176 Å². The molecule has 1 aliphatic rings. The predicted octanol–water partition coefficient (Wildman–Crippen LogP) is 13.1. The summed E-state index contributed by atoms with van der Waals surface area (Å²) < 4.78 is 0. The lowest BCUT2D eigenvalue weighted by Crippen LogP contribution is -2.15. The number of rotatable bonds is 4. The Labute approximate surface area is 291 Å². The molecule has 0 fully saturated rings. The van der Waals surface area contributed by atoms with Crippen LogP contribution in [0.25, 0.3) is 65.5 Å². The first-order valence-corrected chi connectivity index (χ1v) is 17.4. The molecule has 0 radical (unpaired) electrons. The van der Waals surface area contributed by atoms with Crippen LogP contribution < -0.4 is 4.90 Å². The van der Waals surface area contributed by atoms with Gasteiger partial charge in [-0.1, -0.05) is 111 Å². The van der Waals surface area contributed by atoms with Gasteiger partial charge in [-0.25, -0.2) is 0 Å². The van der Waals surface area contributed by atoms with Crippen LogP contribution in [-0.2, 0) is 5.41 Å². The van der Waals surface area contributed by atoms with E-state index in [0.29, 0.717) is 0 Å². The maximum atomic E-state index is 4.77. The summed E-state index contributed by atoms with van der Waals surface area (Å²) in [6.07, 6.45) is 1.89. The molecule has 9 aromatic rings. The van der Waals surface area contributed by atoms with Crippen LogP contribution >= 0.6 is 0 Å². The molecule has 0 spiro atoms. The topological polar surface area (TPSA) is 16.1 Å². The Kier molecular flexibility index (Phi) is 6.25. The largest absolute Gasteiger partial charge is 0.310 e. The minimum absolute atomic E-state index is 0.182. The van der Waals surface area contributed by atoms with E-state index in [1.54, 1.807) is 0 Å². The molecule has 236 valence electrons. The van der Waals surface area contributed by atoms with E-state index < -0.39 is 0 Å². The lowest BCUT2D eigenvalue weighted by atomic mass is 9.80. The van der Waals surface area contributed by atoms with Crippen molar-refractivity contribution in [1.29, 1.82) is 0 Å². The summed E-state index contributed by atoms with van der Waals surface area (Å²) in [7, 11) is 0. The van der Waals surface area contributed by atoms with Gasteiger partial charge in [-0.3, -0.25) is 4.98 Å². The fraction of sp³-hybridized carbons (Fsp3) is 0.0625. The third kappa shape index (κ3) is 4.38. The zero-order chi connectivity index (χ0) is 33.4. The van der Waals surface area contributed by atoms with Crippen molar-refractivity contribution in [2.24, 2.45) is 0 Å². The molecule has 0 amide bonds. The standard InChI is InChI=1S/C48H34N2/c1-48(2)44-29-36-27-39(50(37-21-18-31-11-3-5-13-33(31)25-37)38-22-19-32-12-4-6-14-34(32)26-38)23-20-35(36)28-43(44)47-41-16-8-7-15-40(41)42(30-45(47)48)46-17-9-10-24-49-46/h3-30H,1-2H3. The van der Waals surface area contributed by atoms with Crippen LogP contribution in [0.2, 0.25) is 0 Å². The molecule has 0 N–H and O–H groups in total. The molecule has 0 saturated carbocycles. The first-order chi connectivity index (χ1) is 24.5. The number of benzene rings is 8. The summed E-state index contributed by atoms with van der Waals surface area (Å²) in [5, 5.41) is 9.94. The van der Waals surface area contributed by atoms with Gasteiger partial charge >= 0.3 is 0 Å². The molecule has 0 saturated heterocycles. The molecule has 2 heteroatoms. The molecule has 0 aliphatic heterocycles. The monoisotopic (exact) mass is 638 g/mol. The van der Waals surface area contributed by atoms with Gasteiger partial charge in [0.25, 0.3) is 0 Å². The summed E-state index contributed by atoms with van der Waals surface area (Å²) in [6, 6.07) is 60.0. The van der Waals surface area contributed by atoms with E-state index in [1.807, 2.05) is 12.3 Å². The smallest absolute Gasteiger partial charge is 0.0708 e. The molecule has 10 rings (SSSR count). The summed E-state index contributed by atoms with van der Waals surface area (Å²) in [6.45, 7) is 4.75. The van der Waals surface area contributed by atoms with Crippen LogP contribution in [0.3, 0.4) is 0 Å². The van der Waals surface area contributed by atoms with E-state index in [-0.39, 0.29) is 5.41 Å². The van der Waals surface area contributed by atoms with Gasteiger partial charge in [-0.15, -0.1) is 0 Å². The van der Waals surface area contributed by atoms with Gasteiger partial charge < -0.3 is 4.90 Å². The molecular formula is C48H34N2. The lowest BCUT2D eigenvalue weighted by molar-refractivity contribution is 0.662. The first-order valence-electron chi connectivity index (χ1n) is 17.4. The van der Waals surface area contributed by atoms with Crippen molar-refractivity contribution in [3.63, 3.8) is 0 Å². The molecule has 1 aliphatic carbocycles. The minimum atomic E-state index is -0.182. The molecule has 0 bridgehead atoms. The van der Waals surface area contributed by atoms with Crippen LogP contribution in [0.1, 0.15) is 25.0 Å². The fourth-order valence-corrected chi connectivity index (χ4v) is 8.26. The highest BCUT2D eigenvalue weighted by atomic mass is 15.1. The number of fused-ring (bicyclic) bond motifs is 8. The molecule has 0 unspecified atom stereocenters. The number of aromatic nitrogens is 1. The maximum absolute atomic E-state index is 4.77. The van der Waals surface area contributed by atoms with Crippen LogP contribution in [0.5, 0.6) is 0 Å². The first kappa shape index (κ1) is 28.7. The molecule has 0 atom stereocenters. The minimum Gasteiger partial charge on any atom is -0.310 e. The summed E-state index contributed by atoms with van der Waals surface area (Å²) >= 11 is 0. The highest BCUT2D eigenvalue weighted by molar-refractivity contribution is 6.10. The molecule has 2 nitrogen and oxygen atoms in total. The van der Waals surface area contributed by atoms with E-state index in [0.717, 1.165) is 22.8 Å². The molecular weight excluding hydrogens is 605 g/mol. The van der Waals surface area contributed by atoms with E-state index >= 15 is 0 Å². The Balaban J connectivity index is 1.17. The predicted molar refractivity (Wildman–Crippen MR) is 212 cm³/mol. The Bertz CT molecular complexity index is 2720. The van der Waals surface area contributed by atoms with Crippen molar-refractivity contribution in [2.45, 2.75) is 19.3 Å². The normalized spacial score (nSPS) is 13.2. The van der Waals surface area contributed by atoms with E-state index in [1.165, 1.54) is 70.9 Å². The number of nitrogens with zero attached hydrogens (tertiary/aromatic N) is 2. The summed E-state index contributed by atoms with van der Waals surface area (Å²) in [4.78, 5) is 7.17. The second kappa shape index (κ2) is 10.9. The third-order valence-corrected chi connectivity index (χ3v) is 10.8. The highest BCUT2D eigenvalue weighted by Gasteiger charge is 2.37. The van der Waals surface area contributed by atoms with Crippen molar-refractivity contribution in [2.75, 3.05) is 4.90 Å². The van der Waals surface area contributed by atoms with Crippen molar-refractivity contribution in [3.8, 4) is 22.4 Å². The number of hydrogen-bond acceptors (Lipinski definition) is 2. The van der Waals surface area contributed by atoms with Gasteiger partial charge in [-0.05, 0) is 132 Å². The van der Waals surface area contributed by atoms with E-state index in [9.17, 15) is 0 Å². The van der Waals surface area contributed by atoms with Gasteiger partial charge in [0.1, 0.15) is 0 Å². The van der Waals surface area contributed by atoms with Gasteiger partial charge in [0.2, 0.25) is 0 Å². The van der Waals surface area contributed by atoms with Crippen LogP contribution in [0.15, 0.2) is 170 Å². The second-order valence-corrected chi connectivity index (χ2v) is 14.1. The number of anilines is 3. The van der Waals surface area contributed by atoms with Crippen molar-refractivity contribution < 1.29 is 0 Å². The summed E-state index contributed by atoms with van der Waals surface area (Å²) in [5.74, 6) is 0. The molecule has 1 aromatic heterocycles. The quantitative estimate of drug-likeness (QED) is 0.191. The molecule has 8 aromatic carbocycles. The zero-order valence-corrected chi connectivity index (χ0v) is 28.1. The Hall–Kier alpha value is -6.25. The third-order valence-electron chi connectivity index (χ3n) is 10.8. The number of hydrogen-bond donors (Lipinski definition) is 0. The Morgan fingerprint density at radius 1 is 0.420 bits per heavy atom. The van der Waals surface area contributed by atoms with Crippen LogP contribution in [0.4, 0.5) is 17.1 Å². The average Bonchev–Trinajstić information content (AvgIpc) is 3.39. The molecule has 1 heterocycles. The average molecular weight is 639 g/mol. The lowest BCUT2D eigenvalue weighted by Gasteiger charge is -2.27. The maximum Gasteiger partial charge on any atom is 0.0708 e. The van der Waals surface area contributed by atoms with Crippen molar-refractivity contribution in [1.82, 2.24) is 4.98 Å². The van der Waals surface area contributed by atoms with Crippen LogP contribution in [0, 0.1) is 0 Å².